The van der Waals surface area contributed by atoms with Crippen LogP contribution in [0, 0.1) is 35.2 Å². The van der Waals surface area contributed by atoms with Crippen molar-refractivity contribution in [2.45, 2.75) is 102 Å². The number of pyridine rings is 2. The molecule has 418 valence electrons. The van der Waals surface area contributed by atoms with Gasteiger partial charge >= 0.3 is 0 Å². The maximum Gasteiger partial charge on any atom is 0.266 e. The Morgan fingerprint density at radius 1 is 0.554 bits per heavy atom. The van der Waals surface area contributed by atoms with Gasteiger partial charge in [-0.05, 0) is 176 Å². The number of ketones is 2. The fraction of sp³-hybridized carbons (Fsp3) is 0.246. The lowest BCUT2D eigenvalue weighted by molar-refractivity contribution is -0.121. The highest BCUT2D eigenvalue weighted by atomic mass is 16.5. The number of ether oxygens (including phenoxy) is 3. The van der Waals surface area contributed by atoms with Gasteiger partial charge in [-0.15, -0.1) is 0 Å². The summed E-state index contributed by atoms with van der Waals surface area (Å²) >= 11 is 0. The molecule has 0 spiro atoms. The number of rotatable bonds is 15. The maximum absolute atomic E-state index is 12.4. The van der Waals surface area contributed by atoms with E-state index in [9.17, 15) is 29.2 Å². The van der Waals surface area contributed by atoms with Crippen LogP contribution in [-0.2, 0) is 9.59 Å². The zero-order valence-corrected chi connectivity index (χ0v) is 46.1. The first-order valence-electron chi connectivity index (χ1n) is 28.0. The van der Waals surface area contributed by atoms with E-state index in [0.29, 0.717) is 34.5 Å². The van der Waals surface area contributed by atoms with Crippen LogP contribution in [0.1, 0.15) is 129 Å². The van der Waals surface area contributed by atoms with Crippen molar-refractivity contribution in [1.82, 2.24) is 9.97 Å². The van der Waals surface area contributed by atoms with E-state index in [1.807, 2.05) is 152 Å². The summed E-state index contributed by atoms with van der Waals surface area (Å²) in [6.07, 6.45) is 12.9. The largest absolute Gasteiger partial charge is 0.457 e. The molecule has 0 radical (unpaired) electrons. The number of aromatic nitrogens is 2. The minimum atomic E-state index is -0.572. The molecule has 11 rings (SSSR count). The topological polar surface area (TPSA) is 223 Å². The smallest absolute Gasteiger partial charge is 0.266 e. The molecule has 0 unspecified atom stereocenters. The van der Waals surface area contributed by atoms with Crippen molar-refractivity contribution in [1.29, 1.82) is 10.5 Å². The fourth-order valence-electron chi connectivity index (χ4n) is 10.5. The molecule has 14 nitrogen and oxygen atoms in total. The van der Waals surface area contributed by atoms with Crippen LogP contribution >= 0.6 is 0 Å². The normalized spacial score (nSPS) is 13.7. The molecular formula is C69H64N6O8. The summed E-state index contributed by atoms with van der Waals surface area (Å²) in [4.78, 5) is 68.1. The number of Topliss-reactive ketones (excluding diaryl/α,β-unsaturated/α-hetero) is 2. The summed E-state index contributed by atoms with van der Waals surface area (Å²) in [5.74, 6) is 4.64. The molecule has 4 N–H and O–H groups in total. The minimum Gasteiger partial charge on any atom is -0.457 e. The van der Waals surface area contributed by atoms with Gasteiger partial charge < -0.3 is 29.9 Å². The molecule has 2 aromatic heterocycles. The number of H-pyrrole nitrogens is 2. The summed E-state index contributed by atoms with van der Waals surface area (Å²) in [5, 5.41) is 17.2. The highest BCUT2D eigenvalue weighted by Crippen LogP contribution is 2.40. The van der Waals surface area contributed by atoms with E-state index in [-0.39, 0.29) is 52.7 Å². The molecule has 3 saturated carbocycles. The second-order valence-corrected chi connectivity index (χ2v) is 20.5. The molecule has 0 aliphatic heterocycles. The third kappa shape index (κ3) is 17.0. The zero-order chi connectivity index (χ0) is 58.3. The highest BCUT2D eigenvalue weighted by Gasteiger charge is 2.26. The van der Waals surface area contributed by atoms with Crippen LogP contribution in [0.3, 0.4) is 0 Å². The lowest BCUT2D eigenvalue weighted by Crippen LogP contribution is -2.15. The van der Waals surface area contributed by atoms with Gasteiger partial charge in [-0.1, -0.05) is 105 Å². The van der Waals surface area contributed by atoms with Crippen LogP contribution in [0.2, 0.25) is 0 Å². The van der Waals surface area contributed by atoms with E-state index in [4.69, 9.17) is 26.0 Å². The molecule has 3 fully saturated rings. The second kappa shape index (κ2) is 29.9. The Morgan fingerprint density at radius 3 is 1.45 bits per heavy atom. The quantitative estimate of drug-likeness (QED) is 0.0500. The monoisotopic (exact) mass is 1100 g/mol. The van der Waals surface area contributed by atoms with Crippen LogP contribution in [0.5, 0.6) is 34.5 Å². The van der Waals surface area contributed by atoms with Crippen molar-refractivity contribution >= 4 is 23.2 Å². The first kappa shape index (κ1) is 59.0. The third-order valence-corrected chi connectivity index (χ3v) is 14.7. The number of para-hydroxylation sites is 3. The van der Waals surface area contributed by atoms with Crippen molar-refractivity contribution < 1.29 is 28.6 Å². The lowest BCUT2D eigenvalue weighted by Gasteiger charge is -2.14. The molecule has 0 bridgehead atoms. The molecule has 83 heavy (non-hydrogen) atoms. The summed E-state index contributed by atoms with van der Waals surface area (Å²) in [6.45, 7) is 7.39. The van der Waals surface area contributed by atoms with Gasteiger partial charge in [0.2, 0.25) is 5.91 Å². The third-order valence-electron chi connectivity index (χ3n) is 14.7. The molecule has 6 aromatic carbocycles. The number of hydrogen-bond acceptors (Lipinski definition) is 10. The molecular weight excluding hydrogens is 1040 g/mol. The Bertz CT molecular complexity index is 3690. The average Bonchev–Trinajstić information content (AvgIpc) is 4.43. The number of primary amides is 1. The van der Waals surface area contributed by atoms with Gasteiger partial charge in [0.05, 0.1) is 19.1 Å². The first-order chi connectivity index (χ1) is 40.5. The number of carbonyl (C=O) groups is 3. The minimum absolute atomic E-state index is 0.0174. The van der Waals surface area contributed by atoms with E-state index in [2.05, 4.69) is 26.6 Å². The molecule has 0 saturated heterocycles. The van der Waals surface area contributed by atoms with Gasteiger partial charge in [0.15, 0.2) is 5.78 Å². The van der Waals surface area contributed by atoms with Crippen molar-refractivity contribution in [3.05, 3.63) is 230 Å². The Hall–Kier alpha value is -10.1. The fourth-order valence-corrected chi connectivity index (χ4v) is 10.5. The summed E-state index contributed by atoms with van der Waals surface area (Å²) in [5.41, 5.74) is 9.94. The number of amides is 1. The number of benzene rings is 6. The highest BCUT2D eigenvalue weighted by molar-refractivity contribution is 6.08. The maximum atomic E-state index is 12.4. The number of nitrogens with two attached hydrogens (primary N) is 1. The van der Waals surface area contributed by atoms with Gasteiger partial charge in [-0.25, -0.2) is 4.85 Å². The molecule has 8 aromatic rings. The van der Waals surface area contributed by atoms with Crippen molar-refractivity contribution in [2.75, 3.05) is 0 Å². The average molecular weight is 1110 g/mol. The standard InChI is InChI=1S/2C23H20N2O2.C20H20O3.C3H4N2O/c1-24-22-20(16-7-5-6-8-16)15-21(25-23(22)26)17-11-13-19(14-12-17)27-18-9-3-2-4-10-18;24-15-21-20(14-22(25-23(21)26)17-6-4-5-7-17)16-10-12-19(13-11-16)27-18-8-2-1-3-9-18;21-19(15-6-4-5-7-15)14-20(22)16-10-12-18(13-11-16)23-17-8-2-1-3-9-17;4-2-1-3(5)6/h2-4,9-16H,5-8H2,(H,25,26);1-3,8-14,17H,4-7H2,(H,25,26);1-3,8-13,15H,4-7,14H2;1H2,(H2,5,6). The molecule has 3 aliphatic rings. The number of carbonyl (C=O) groups excluding carboxylic acids is 3. The predicted molar refractivity (Wildman–Crippen MR) is 320 cm³/mol. The van der Waals surface area contributed by atoms with Crippen LogP contribution in [0.4, 0.5) is 5.69 Å². The zero-order valence-electron chi connectivity index (χ0n) is 46.1. The van der Waals surface area contributed by atoms with Crippen LogP contribution < -0.4 is 31.1 Å². The van der Waals surface area contributed by atoms with E-state index in [1.165, 1.54) is 12.8 Å². The van der Waals surface area contributed by atoms with Gasteiger partial charge in [0, 0.05) is 28.4 Å². The van der Waals surface area contributed by atoms with E-state index >= 15 is 0 Å². The van der Waals surface area contributed by atoms with Crippen molar-refractivity contribution in [3.8, 4) is 69.0 Å². The van der Waals surface area contributed by atoms with E-state index in [1.54, 1.807) is 30.3 Å². The van der Waals surface area contributed by atoms with Gasteiger partial charge in [-0.3, -0.25) is 24.0 Å². The summed E-state index contributed by atoms with van der Waals surface area (Å²) in [7, 11) is 0. The number of nitrogens with zero attached hydrogens (tertiary/aromatic N) is 3. The van der Waals surface area contributed by atoms with Gasteiger partial charge in [0.25, 0.3) is 16.8 Å². The number of hydrogen-bond donors (Lipinski definition) is 3. The van der Waals surface area contributed by atoms with Crippen LogP contribution in [0.25, 0.3) is 27.2 Å². The van der Waals surface area contributed by atoms with Crippen LogP contribution in [-0.4, -0.2) is 27.4 Å². The number of nitrogens with one attached hydrogen (secondary N) is 2. The predicted octanol–water partition coefficient (Wildman–Crippen LogP) is 15.6. The SMILES string of the molecule is N#CCC(N)=O.N#Cc1c(-c2ccc(Oc3ccccc3)cc2)cc(C2CCCC2)[nH]c1=O.O=C(CC(=O)C1CCCC1)c1ccc(Oc2ccccc2)cc1.[C-]#[N+]c1c(C2CCCC2)cc(-c2ccc(Oc3ccccc3)cc2)[nH]c1=O. The Labute approximate surface area is 483 Å². The lowest BCUT2D eigenvalue weighted by atomic mass is 9.95. The van der Waals surface area contributed by atoms with E-state index < -0.39 is 5.91 Å². The Morgan fingerprint density at radius 2 is 1.00 bits per heavy atom. The van der Waals surface area contributed by atoms with Crippen LogP contribution in [0.15, 0.2) is 186 Å². The van der Waals surface area contributed by atoms with Crippen molar-refractivity contribution in [3.63, 3.8) is 0 Å². The molecule has 2 heterocycles. The van der Waals surface area contributed by atoms with E-state index in [0.717, 1.165) is 115 Å². The molecule has 3 aliphatic carbocycles. The molecule has 0 atom stereocenters. The summed E-state index contributed by atoms with van der Waals surface area (Å²) < 4.78 is 17.3. The Balaban J connectivity index is 0.000000155. The molecule has 14 heteroatoms. The Kier molecular flexibility index (Phi) is 21.3. The van der Waals surface area contributed by atoms with Gasteiger partial charge in [0.1, 0.15) is 58.3 Å². The van der Waals surface area contributed by atoms with Crippen molar-refractivity contribution in [2.24, 2.45) is 11.7 Å². The summed E-state index contributed by atoms with van der Waals surface area (Å²) in [6, 6.07) is 58.4. The second-order valence-electron chi connectivity index (χ2n) is 20.5. The van der Waals surface area contributed by atoms with Gasteiger partial charge in [-0.2, -0.15) is 10.5 Å². The molecule has 1 amide bonds. The number of nitriles is 2. The first-order valence-corrected chi connectivity index (χ1v) is 28.0. The number of aromatic amines is 2.